The number of benzene rings is 1. The van der Waals surface area contributed by atoms with Crippen LogP contribution in [0.25, 0.3) is 11.3 Å². The summed E-state index contributed by atoms with van der Waals surface area (Å²) in [6, 6.07) is 12.0. The first-order valence-electron chi connectivity index (χ1n) is 8.30. The highest BCUT2D eigenvalue weighted by molar-refractivity contribution is 7.99. The number of ether oxygens (including phenoxy) is 1. The molecule has 1 fully saturated rings. The van der Waals surface area contributed by atoms with Gasteiger partial charge < -0.3 is 9.64 Å². The maximum Gasteiger partial charge on any atom is 0.128 e. The van der Waals surface area contributed by atoms with E-state index in [2.05, 4.69) is 16.3 Å². The molecule has 0 radical (unpaired) electrons. The van der Waals surface area contributed by atoms with Crippen LogP contribution in [0.3, 0.4) is 0 Å². The standard InChI is InChI=1S/C18H23N3OS/c1-22-17-8-4-3-7-15(17)16-9-10-18(20-19-16)23-14-13-21-11-5-2-6-12-21/h3-4,7-10H,2,5-6,11-14H2,1H3/p+1. The molecule has 1 aromatic carbocycles. The minimum absolute atomic E-state index is 0.830. The molecule has 122 valence electrons. The monoisotopic (exact) mass is 330 g/mol. The van der Waals surface area contributed by atoms with Gasteiger partial charge in [-0.2, -0.15) is 0 Å². The number of thioether (sulfide) groups is 1. The van der Waals surface area contributed by atoms with E-state index in [1.807, 2.05) is 30.3 Å². The van der Waals surface area contributed by atoms with Gasteiger partial charge in [0.15, 0.2) is 0 Å². The summed E-state index contributed by atoms with van der Waals surface area (Å²) in [6.07, 6.45) is 4.17. The molecule has 3 rings (SSSR count). The summed E-state index contributed by atoms with van der Waals surface area (Å²) in [5.74, 6) is 1.94. The van der Waals surface area contributed by atoms with E-state index >= 15 is 0 Å². The molecule has 1 N–H and O–H groups in total. The van der Waals surface area contributed by atoms with Crippen molar-refractivity contribution in [3.8, 4) is 17.0 Å². The number of likely N-dealkylation sites (tertiary alicyclic amines) is 1. The van der Waals surface area contributed by atoms with Gasteiger partial charge in [0, 0.05) is 11.3 Å². The molecule has 1 aliphatic heterocycles. The molecule has 0 atom stereocenters. The smallest absolute Gasteiger partial charge is 0.128 e. The second-order valence-corrected chi connectivity index (χ2v) is 6.98. The normalized spacial score (nSPS) is 15.5. The van der Waals surface area contributed by atoms with Crippen LogP contribution < -0.4 is 9.64 Å². The van der Waals surface area contributed by atoms with Crippen molar-refractivity contribution in [3.63, 3.8) is 0 Å². The van der Waals surface area contributed by atoms with Crippen LogP contribution in [-0.2, 0) is 0 Å². The molecule has 0 aliphatic carbocycles. The Hall–Kier alpha value is -1.59. The van der Waals surface area contributed by atoms with Crippen molar-refractivity contribution >= 4 is 11.8 Å². The highest BCUT2D eigenvalue weighted by atomic mass is 32.2. The first-order chi connectivity index (χ1) is 11.4. The Bertz CT molecular complexity index is 612. The first kappa shape index (κ1) is 16.3. The molecule has 0 saturated carbocycles. The molecule has 1 aliphatic rings. The zero-order valence-electron chi connectivity index (χ0n) is 13.6. The molecule has 23 heavy (non-hydrogen) atoms. The third-order valence-corrected chi connectivity index (χ3v) is 5.21. The number of nitrogens with zero attached hydrogens (tertiary/aromatic N) is 2. The number of rotatable bonds is 6. The SMILES string of the molecule is COc1ccccc1-c1ccc(SCC[NH+]2CCCCC2)nn1. The average Bonchev–Trinajstić information content (AvgIpc) is 2.63. The summed E-state index contributed by atoms with van der Waals surface area (Å²) in [5, 5.41) is 9.73. The number of piperidine rings is 1. The second-order valence-electron chi connectivity index (χ2n) is 5.87. The molecular formula is C18H24N3OS+. The molecule has 5 heteroatoms. The van der Waals surface area contributed by atoms with E-state index in [4.69, 9.17) is 4.74 Å². The molecule has 2 aromatic rings. The Morgan fingerprint density at radius 1 is 1.04 bits per heavy atom. The van der Waals surface area contributed by atoms with Gasteiger partial charge in [0.2, 0.25) is 0 Å². The van der Waals surface area contributed by atoms with Gasteiger partial charge >= 0.3 is 0 Å². The highest BCUT2D eigenvalue weighted by Gasteiger charge is 2.13. The lowest BCUT2D eigenvalue weighted by molar-refractivity contribution is -0.902. The van der Waals surface area contributed by atoms with Crippen molar-refractivity contribution in [1.82, 2.24) is 10.2 Å². The van der Waals surface area contributed by atoms with Gasteiger partial charge in [0.05, 0.1) is 32.4 Å². The number of hydrogen-bond donors (Lipinski definition) is 1. The van der Waals surface area contributed by atoms with E-state index in [1.165, 1.54) is 38.9 Å². The van der Waals surface area contributed by atoms with Crippen molar-refractivity contribution in [2.75, 3.05) is 32.5 Å². The van der Waals surface area contributed by atoms with Crippen LogP contribution in [0.2, 0.25) is 0 Å². The first-order valence-corrected chi connectivity index (χ1v) is 9.29. The van der Waals surface area contributed by atoms with E-state index in [0.29, 0.717) is 0 Å². The lowest BCUT2D eigenvalue weighted by Crippen LogP contribution is -3.13. The summed E-state index contributed by atoms with van der Waals surface area (Å²) < 4.78 is 5.39. The average molecular weight is 330 g/mol. The molecule has 0 bridgehead atoms. The Morgan fingerprint density at radius 3 is 2.61 bits per heavy atom. The van der Waals surface area contributed by atoms with Crippen LogP contribution in [0.5, 0.6) is 5.75 Å². The zero-order chi connectivity index (χ0) is 15.9. The van der Waals surface area contributed by atoms with Gasteiger partial charge in [0.1, 0.15) is 10.8 Å². The van der Waals surface area contributed by atoms with Crippen molar-refractivity contribution in [3.05, 3.63) is 36.4 Å². The number of methoxy groups -OCH3 is 1. The number of para-hydroxylation sites is 1. The van der Waals surface area contributed by atoms with Crippen molar-refractivity contribution in [1.29, 1.82) is 0 Å². The molecule has 0 amide bonds. The maximum atomic E-state index is 5.39. The molecule has 1 aromatic heterocycles. The minimum atomic E-state index is 0.830. The van der Waals surface area contributed by atoms with Gasteiger partial charge in [-0.3, -0.25) is 0 Å². The summed E-state index contributed by atoms with van der Waals surface area (Å²) in [4.78, 5) is 1.74. The van der Waals surface area contributed by atoms with Crippen LogP contribution in [-0.4, -0.2) is 42.7 Å². The third-order valence-electron chi connectivity index (χ3n) is 4.29. The molecule has 2 heterocycles. The van der Waals surface area contributed by atoms with Gasteiger partial charge in [0.25, 0.3) is 0 Å². The third kappa shape index (κ3) is 4.45. The van der Waals surface area contributed by atoms with Crippen molar-refractivity contribution < 1.29 is 9.64 Å². The van der Waals surface area contributed by atoms with Crippen LogP contribution in [0.1, 0.15) is 19.3 Å². The topological polar surface area (TPSA) is 39.5 Å². The van der Waals surface area contributed by atoms with Gasteiger partial charge in [-0.1, -0.05) is 23.9 Å². The Balaban J connectivity index is 1.56. The molecular weight excluding hydrogens is 306 g/mol. The predicted molar refractivity (Wildman–Crippen MR) is 94.2 cm³/mol. The fourth-order valence-corrected chi connectivity index (χ4v) is 3.86. The van der Waals surface area contributed by atoms with Crippen LogP contribution >= 0.6 is 11.8 Å². The molecule has 4 nitrogen and oxygen atoms in total. The molecule has 1 saturated heterocycles. The Kier molecular flexibility index (Phi) is 5.88. The summed E-state index contributed by atoms with van der Waals surface area (Å²) in [5.41, 5.74) is 1.84. The number of quaternary nitrogens is 1. The maximum absolute atomic E-state index is 5.39. The highest BCUT2D eigenvalue weighted by Crippen LogP contribution is 2.28. The number of hydrogen-bond acceptors (Lipinski definition) is 4. The van der Waals surface area contributed by atoms with Crippen molar-refractivity contribution in [2.45, 2.75) is 24.3 Å². The number of nitrogens with one attached hydrogen (secondary N) is 1. The van der Waals surface area contributed by atoms with E-state index in [9.17, 15) is 0 Å². The van der Waals surface area contributed by atoms with E-state index in [1.54, 1.807) is 23.8 Å². The fourth-order valence-electron chi connectivity index (χ4n) is 3.00. The summed E-state index contributed by atoms with van der Waals surface area (Å²) in [7, 11) is 1.68. The van der Waals surface area contributed by atoms with Gasteiger partial charge in [-0.05, 0) is 43.5 Å². The van der Waals surface area contributed by atoms with Crippen LogP contribution in [0.4, 0.5) is 0 Å². The number of aromatic nitrogens is 2. The van der Waals surface area contributed by atoms with E-state index in [0.717, 1.165) is 27.8 Å². The largest absolute Gasteiger partial charge is 0.496 e. The lowest BCUT2D eigenvalue weighted by atomic mass is 10.1. The Labute approximate surface area is 142 Å². The lowest BCUT2D eigenvalue weighted by Gasteiger charge is -2.23. The molecule has 0 spiro atoms. The predicted octanol–water partition coefficient (Wildman–Crippen LogP) is 2.31. The fraction of sp³-hybridized carbons (Fsp3) is 0.444. The van der Waals surface area contributed by atoms with Crippen molar-refractivity contribution in [2.24, 2.45) is 0 Å². The van der Waals surface area contributed by atoms with E-state index in [-0.39, 0.29) is 0 Å². The molecule has 0 unspecified atom stereocenters. The quantitative estimate of drug-likeness (QED) is 0.825. The van der Waals surface area contributed by atoms with Gasteiger partial charge in [-0.25, -0.2) is 0 Å². The second kappa shape index (κ2) is 8.31. The van der Waals surface area contributed by atoms with Crippen LogP contribution in [0.15, 0.2) is 41.4 Å². The summed E-state index contributed by atoms with van der Waals surface area (Å²) in [6.45, 7) is 3.89. The van der Waals surface area contributed by atoms with E-state index < -0.39 is 0 Å². The summed E-state index contributed by atoms with van der Waals surface area (Å²) >= 11 is 1.80. The minimum Gasteiger partial charge on any atom is -0.496 e. The van der Waals surface area contributed by atoms with Gasteiger partial charge in [-0.15, -0.1) is 10.2 Å². The van der Waals surface area contributed by atoms with Crippen LogP contribution in [0, 0.1) is 0 Å². The zero-order valence-corrected chi connectivity index (χ0v) is 14.4. The Morgan fingerprint density at radius 2 is 1.87 bits per heavy atom.